The lowest BCUT2D eigenvalue weighted by Crippen LogP contribution is -2.30. The fourth-order valence-corrected chi connectivity index (χ4v) is 3.03. The van der Waals surface area contributed by atoms with Crippen molar-refractivity contribution in [3.8, 4) is 0 Å². The number of aliphatic hydroxyl groups excluding tert-OH is 1. The Kier molecular flexibility index (Phi) is 6.02. The molecule has 2 rings (SSSR count). The summed E-state index contributed by atoms with van der Waals surface area (Å²) in [4.78, 5) is 12.3. The smallest absolute Gasteiger partial charge is 0.223 e. The van der Waals surface area contributed by atoms with Crippen molar-refractivity contribution < 1.29 is 9.90 Å². The van der Waals surface area contributed by atoms with Gasteiger partial charge in [-0.05, 0) is 38.0 Å². The van der Waals surface area contributed by atoms with E-state index in [1.165, 1.54) is 0 Å². The number of halogens is 1. The molecule has 0 bridgehead atoms. The highest BCUT2D eigenvalue weighted by Gasteiger charge is 2.22. The molecular formula is C18H24ClN3O2. The molecule has 0 aliphatic heterocycles. The van der Waals surface area contributed by atoms with Crippen molar-refractivity contribution in [3.63, 3.8) is 0 Å². The average molecular weight is 350 g/mol. The number of aromatic nitrogens is 2. The first-order valence-electron chi connectivity index (χ1n) is 8.06. The van der Waals surface area contributed by atoms with Crippen molar-refractivity contribution in [2.24, 2.45) is 7.05 Å². The lowest BCUT2D eigenvalue weighted by molar-refractivity contribution is -0.123. The quantitative estimate of drug-likeness (QED) is 0.840. The average Bonchev–Trinajstić information content (AvgIpc) is 2.78. The molecule has 1 aromatic heterocycles. The molecular weight excluding hydrogens is 326 g/mol. The number of hydrogen-bond acceptors (Lipinski definition) is 3. The highest BCUT2D eigenvalue weighted by atomic mass is 35.5. The van der Waals surface area contributed by atoms with Crippen LogP contribution in [0.15, 0.2) is 24.3 Å². The molecule has 2 N–H and O–H groups in total. The van der Waals surface area contributed by atoms with E-state index in [-0.39, 0.29) is 18.4 Å². The zero-order chi connectivity index (χ0) is 17.9. The molecule has 24 heavy (non-hydrogen) atoms. The molecule has 1 heterocycles. The van der Waals surface area contributed by atoms with Crippen LogP contribution in [0.4, 0.5) is 0 Å². The van der Waals surface area contributed by atoms with Gasteiger partial charge in [-0.2, -0.15) is 5.10 Å². The molecule has 0 radical (unpaired) electrons. The Balaban J connectivity index is 2.05. The summed E-state index contributed by atoms with van der Waals surface area (Å²) in [6.07, 6.45) is -0.0806. The van der Waals surface area contributed by atoms with Crippen molar-refractivity contribution in [2.75, 3.05) is 0 Å². The number of amides is 1. The number of nitrogens with one attached hydrogen (secondary N) is 1. The minimum Gasteiger partial charge on any atom is -0.388 e. The molecule has 0 aliphatic rings. The molecule has 2 atom stereocenters. The van der Waals surface area contributed by atoms with Gasteiger partial charge in [-0.25, -0.2) is 0 Å². The maximum Gasteiger partial charge on any atom is 0.223 e. The number of benzene rings is 1. The number of nitrogens with zero attached hydrogens (tertiary/aromatic N) is 2. The van der Waals surface area contributed by atoms with E-state index < -0.39 is 6.10 Å². The van der Waals surface area contributed by atoms with Gasteiger partial charge in [0.1, 0.15) is 0 Å². The Bertz CT molecular complexity index is 710. The van der Waals surface area contributed by atoms with Crippen LogP contribution in [0.2, 0.25) is 5.02 Å². The minimum atomic E-state index is -0.851. The fraction of sp³-hybridized carbons (Fsp3) is 0.444. The lowest BCUT2D eigenvalue weighted by Gasteiger charge is -2.19. The second-order valence-electron chi connectivity index (χ2n) is 6.01. The molecule has 0 aliphatic carbocycles. The van der Waals surface area contributed by atoms with Crippen molar-refractivity contribution in [1.29, 1.82) is 0 Å². The Hall–Kier alpha value is -1.85. The summed E-state index contributed by atoms with van der Waals surface area (Å²) in [6.45, 7) is 5.96. The molecule has 1 amide bonds. The van der Waals surface area contributed by atoms with Crippen molar-refractivity contribution in [3.05, 3.63) is 51.8 Å². The van der Waals surface area contributed by atoms with E-state index in [9.17, 15) is 9.90 Å². The van der Waals surface area contributed by atoms with Gasteiger partial charge in [-0.15, -0.1) is 0 Å². The molecule has 6 heteroatoms. The maximum atomic E-state index is 12.3. The second kappa shape index (κ2) is 7.81. The van der Waals surface area contributed by atoms with E-state index in [2.05, 4.69) is 10.4 Å². The number of hydrogen-bond donors (Lipinski definition) is 2. The first kappa shape index (κ1) is 18.5. The molecule has 0 saturated heterocycles. The zero-order valence-electron chi connectivity index (χ0n) is 14.5. The summed E-state index contributed by atoms with van der Waals surface area (Å²) in [5.74, 6) is -0.188. The van der Waals surface area contributed by atoms with Gasteiger partial charge in [0.15, 0.2) is 0 Å². The highest BCUT2D eigenvalue weighted by molar-refractivity contribution is 6.30. The highest BCUT2D eigenvalue weighted by Crippen LogP contribution is 2.25. The standard InChI is InChI=1S/C18H24ClN3O2/c1-5-15(18-11(2)21-22(4)12(18)3)20-17(24)10-16(23)13-6-8-14(19)9-7-13/h6-9,15-16,23H,5,10H2,1-4H3,(H,20,24). The fourth-order valence-electron chi connectivity index (χ4n) is 2.90. The third-order valence-electron chi connectivity index (χ3n) is 4.29. The Morgan fingerprint density at radius 3 is 2.46 bits per heavy atom. The Labute approximate surface area is 147 Å². The van der Waals surface area contributed by atoms with E-state index in [1.807, 2.05) is 32.5 Å². The molecule has 2 aromatic rings. The predicted molar refractivity (Wildman–Crippen MR) is 94.9 cm³/mol. The molecule has 0 fully saturated rings. The van der Waals surface area contributed by atoms with Crippen LogP contribution in [0.1, 0.15) is 54.4 Å². The molecule has 2 unspecified atom stereocenters. The van der Waals surface area contributed by atoms with Crippen LogP contribution in [-0.4, -0.2) is 20.8 Å². The van der Waals surface area contributed by atoms with E-state index in [0.717, 1.165) is 23.4 Å². The monoisotopic (exact) mass is 349 g/mol. The normalized spacial score (nSPS) is 13.6. The van der Waals surface area contributed by atoms with Gasteiger partial charge in [-0.3, -0.25) is 9.48 Å². The van der Waals surface area contributed by atoms with E-state index in [1.54, 1.807) is 24.3 Å². The van der Waals surface area contributed by atoms with Crippen LogP contribution in [0.25, 0.3) is 0 Å². The largest absolute Gasteiger partial charge is 0.388 e. The number of carbonyl (C=O) groups excluding carboxylic acids is 1. The summed E-state index contributed by atoms with van der Waals surface area (Å²) in [5, 5.41) is 18.3. The van der Waals surface area contributed by atoms with Crippen LogP contribution < -0.4 is 5.32 Å². The van der Waals surface area contributed by atoms with Crippen molar-refractivity contribution in [1.82, 2.24) is 15.1 Å². The van der Waals surface area contributed by atoms with Crippen molar-refractivity contribution >= 4 is 17.5 Å². The first-order chi connectivity index (χ1) is 11.3. The molecule has 0 saturated carbocycles. The summed E-state index contributed by atoms with van der Waals surface area (Å²) >= 11 is 5.84. The van der Waals surface area contributed by atoms with Crippen LogP contribution >= 0.6 is 11.6 Å². The van der Waals surface area contributed by atoms with E-state index >= 15 is 0 Å². The molecule has 5 nitrogen and oxygen atoms in total. The molecule has 130 valence electrons. The lowest BCUT2D eigenvalue weighted by atomic mass is 10.0. The third-order valence-corrected chi connectivity index (χ3v) is 4.54. The van der Waals surface area contributed by atoms with Gasteiger partial charge < -0.3 is 10.4 Å². The minimum absolute atomic E-state index is 0.0104. The van der Waals surface area contributed by atoms with E-state index in [0.29, 0.717) is 10.6 Å². The Morgan fingerprint density at radius 2 is 1.96 bits per heavy atom. The van der Waals surface area contributed by atoms with Crippen LogP contribution in [-0.2, 0) is 11.8 Å². The predicted octanol–water partition coefficient (Wildman–Crippen LogP) is 3.38. The number of rotatable bonds is 6. The van der Waals surface area contributed by atoms with Gasteiger partial charge in [0.2, 0.25) is 5.91 Å². The first-order valence-corrected chi connectivity index (χ1v) is 8.44. The molecule has 1 aromatic carbocycles. The zero-order valence-corrected chi connectivity index (χ0v) is 15.3. The van der Waals surface area contributed by atoms with Crippen LogP contribution in [0.3, 0.4) is 0 Å². The summed E-state index contributed by atoms with van der Waals surface area (Å²) in [6, 6.07) is 6.76. The van der Waals surface area contributed by atoms with E-state index in [4.69, 9.17) is 11.6 Å². The summed E-state index contributed by atoms with van der Waals surface area (Å²) in [7, 11) is 1.89. The van der Waals surface area contributed by atoms with Gasteiger partial charge in [0.05, 0.1) is 24.3 Å². The van der Waals surface area contributed by atoms with Crippen LogP contribution in [0, 0.1) is 13.8 Å². The van der Waals surface area contributed by atoms with Gasteiger partial charge >= 0.3 is 0 Å². The third kappa shape index (κ3) is 4.16. The summed E-state index contributed by atoms with van der Waals surface area (Å²) in [5.41, 5.74) is 3.68. The second-order valence-corrected chi connectivity index (χ2v) is 6.44. The Morgan fingerprint density at radius 1 is 1.33 bits per heavy atom. The van der Waals surface area contributed by atoms with Gasteiger partial charge in [0.25, 0.3) is 0 Å². The van der Waals surface area contributed by atoms with Gasteiger partial charge in [-0.1, -0.05) is 30.7 Å². The number of aryl methyl sites for hydroxylation is 2. The number of carbonyl (C=O) groups is 1. The SMILES string of the molecule is CCC(NC(=O)CC(O)c1ccc(Cl)cc1)c1c(C)nn(C)c1C. The summed E-state index contributed by atoms with van der Waals surface area (Å²) < 4.78 is 1.82. The maximum absolute atomic E-state index is 12.3. The van der Waals surface area contributed by atoms with Crippen molar-refractivity contribution in [2.45, 2.75) is 45.8 Å². The molecule has 0 spiro atoms. The van der Waals surface area contributed by atoms with Crippen LogP contribution in [0.5, 0.6) is 0 Å². The topological polar surface area (TPSA) is 67.2 Å². The number of aliphatic hydroxyl groups is 1. The van der Waals surface area contributed by atoms with Gasteiger partial charge in [0, 0.05) is 23.3 Å².